The number of anilines is 1. The van der Waals surface area contributed by atoms with Gasteiger partial charge < -0.3 is 10.8 Å². The molecule has 16 heavy (non-hydrogen) atoms. The lowest BCUT2D eigenvalue weighted by atomic mass is 10.1. The van der Waals surface area contributed by atoms with Gasteiger partial charge in [0.15, 0.2) is 5.65 Å². The van der Waals surface area contributed by atoms with E-state index in [1.54, 1.807) is 17.8 Å². The van der Waals surface area contributed by atoms with Crippen molar-refractivity contribution >= 4 is 22.7 Å². The summed E-state index contributed by atoms with van der Waals surface area (Å²) in [6, 6.07) is 0. The number of carbonyl (C=O) groups is 1. The Balaban J connectivity index is 2.85. The minimum atomic E-state index is -1.06. The number of nitrogens with two attached hydrogens (primary N) is 1. The standard InChI is InChI=1S/C10H12N4O2/c1-3-14-9-6(4-12-14)8(11)7(10(15)16)5(2)13-9/h4H,3H2,1-2H3,(H2,11,13)(H,15,16). The number of pyridine rings is 1. The van der Waals surface area contributed by atoms with Crippen molar-refractivity contribution in [1.82, 2.24) is 14.8 Å². The molecule has 0 aliphatic carbocycles. The maximum absolute atomic E-state index is 11.0. The van der Waals surface area contributed by atoms with Gasteiger partial charge in [0.05, 0.1) is 23.0 Å². The van der Waals surface area contributed by atoms with Crippen molar-refractivity contribution in [1.29, 1.82) is 0 Å². The van der Waals surface area contributed by atoms with Crippen LogP contribution in [0.2, 0.25) is 0 Å². The summed E-state index contributed by atoms with van der Waals surface area (Å²) >= 11 is 0. The van der Waals surface area contributed by atoms with Gasteiger partial charge in [-0.3, -0.25) is 0 Å². The molecule has 0 atom stereocenters. The highest BCUT2D eigenvalue weighted by atomic mass is 16.4. The second kappa shape index (κ2) is 3.48. The van der Waals surface area contributed by atoms with Gasteiger partial charge in [0, 0.05) is 6.54 Å². The number of nitrogen functional groups attached to an aromatic ring is 1. The van der Waals surface area contributed by atoms with Gasteiger partial charge in [-0.2, -0.15) is 5.10 Å². The van der Waals surface area contributed by atoms with Gasteiger partial charge in [-0.05, 0) is 13.8 Å². The van der Waals surface area contributed by atoms with Gasteiger partial charge >= 0.3 is 5.97 Å². The first-order valence-electron chi connectivity index (χ1n) is 4.91. The summed E-state index contributed by atoms with van der Waals surface area (Å²) in [4.78, 5) is 15.2. The highest BCUT2D eigenvalue weighted by Crippen LogP contribution is 2.25. The number of fused-ring (bicyclic) bond motifs is 1. The lowest BCUT2D eigenvalue weighted by Crippen LogP contribution is -2.08. The number of carboxylic acids is 1. The van der Waals surface area contributed by atoms with Gasteiger partial charge in [-0.15, -0.1) is 0 Å². The Morgan fingerprint density at radius 2 is 2.31 bits per heavy atom. The lowest BCUT2D eigenvalue weighted by molar-refractivity contribution is 0.0697. The summed E-state index contributed by atoms with van der Waals surface area (Å²) in [6.45, 7) is 4.23. The van der Waals surface area contributed by atoms with Gasteiger partial charge in [0.2, 0.25) is 0 Å². The number of carboxylic acid groups (broad SMARTS) is 1. The van der Waals surface area contributed by atoms with Gasteiger partial charge in [0.25, 0.3) is 0 Å². The Bertz CT molecular complexity index is 574. The molecule has 0 saturated carbocycles. The molecule has 0 radical (unpaired) electrons. The molecule has 84 valence electrons. The molecular formula is C10H12N4O2. The Labute approximate surface area is 91.7 Å². The van der Waals surface area contributed by atoms with Gasteiger partial charge in [0.1, 0.15) is 5.56 Å². The topological polar surface area (TPSA) is 94.0 Å². The van der Waals surface area contributed by atoms with Crippen molar-refractivity contribution in [2.45, 2.75) is 20.4 Å². The summed E-state index contributed by atoms with van der Waals surface area (Å²) in [5, 5.41) is 13.7. The van der Waals surface area contributed by atoms with Crippen LogP contribution in [-0.2, 0) is 6.54 Å². The fourth-order valence-electron chi connectivity index (χ4n) is 1.73. The van der Waals surface area contributed by atoms with Gasteiger partial charge in [-0.25, -0.2) is 14.5 Å². The number of nitrogens with zero attached hydrogens (tertiary/aromatic N) is 3. The summed E-state index contributed by atoms with van der Waals surface area (Å²) in [6.07, 6.45) is 1.55. The quantitative estimate of drug-likeness (QED) is 0.788. The maximum atomic E-state index is 11.0. The molecule has 2 aromatic rings. The minimum absolute atomic E-state index is 0.0585. The van der Waals surface area contributed by atoms with E-state index in [4.69, 9.17) is 10.8 Å². The predicted octanol–water partition coefficient (Wildman–Crippen LogP) is 1.04. The van der Waals surface area contributed by atoms with Crippen LogP contribution in [0, 0.1) is 6.92 Å². The van der Waals surface area contributed by atoms with Crippen LogP contribution in [0.3, 0.4) is 0 Å². The number of hydrogen-bond acceptors (Lipinski definition) is 4. The van der Waals surface area contributed by atoms with E-state index in [1.165, 1.54) is 0 Å². The first kappa shape index (κ1) is 10.4. The fraction of sp³-hybridized carbons (Fsp3) is 0.300. The van der Waals surface area contributed by atoms with E-state index in [2.05, 4.69) is 10.1 Å². The molecule has 0 aromatic carbocycles. The zero-order valence-corrected chi connectivity index (χ0v) is 9.06. The molecule has 0 bridgehead atoms. The molecule has 0 aliphatic heterocycles. The molecule has 6 heteroatoms. The van der Waals surface area contributed by atoms with Crippen LogP contribution in [0.1, 0.15) is 23.0 Å². The van der Waals surface area contributed by atoms with Crippen LogP contribution in [0.25, 0.3) is 11.0 Å². The van der Waals surface area contributed by atoms with Crippen molar-refractivity contribution in [3.05, 3.63) is 17.5 Å². The van der Waals surface area contributed by atoms with Crippen LogP contribution in [0.5, 0.6) is 0 Å². The molecule has 2 aromatic heterocycles. The Kier molecular flexibility index (Phi) is 2.26. The molecule has 3 N–H and O–H groups in total. The largest absolute Gasteiger partial charge is 0.478 e. The number of hydrogen-bond donors (Lipinski definition) is 2. The Hall–Kier alpha value is -2.11. The summed E-state index contributed by atoms with van der Waals surface area (Å²) < 4.78 is 1.68. The third kappa shape index (κ3) is 1.30. The molecule has 0 aliphatic rings. The van der Waals surface area contributed by atoms with Crippen LogP contribution in [0.15, 0.2) is 6.20 Å². The minimum Gasteiger partial charge on any atom is -0.478 e. The van der Waals surface area contributed by atoms with Crippen LogP contribution >= 0.6 is 0 Å². The van der Waals surface area contributed by atoms with Crippen LogP contribution in [-0.4, -0.2) is 25.8 Å². The molecule has 2 rings (SSSR count). The highest BCUT2D eigenvalue weighted by molar-refractivity contribution is 6.03. The third-order valence-electron chi connectivity index (χ3n) is 2.52. The normalized spacial score (nSPS) is 10.9. The molecule has 2 heterocycles. The first-order valence-corrected chi connectivity index (χ1v) is 4.91. The lowest BCUT2D eigenvalue weighted by Gasteiger charge is -2.06. The Morgan fingerprint density at radius 1 is 1.62 bits per heavy atom. The zero-order chi connectivity index (χ0) is 11.9. The fourth-order valence-corrected chi connectivity index (χ4v) is 1.73. The van der Waals surface area contributed by atoms with Crippen molar-refractivity contribution in [3.63, 3.8) is 0 Å². The monoisotopic (exact) mass is 220 g/mol. The van der Waals surface area contributed by atoms with Crippen LogP contribution in [0.4, 0.5) is 5.69 Å². The molecule has 0 amide bonds. The SMILES string of the molecule is CCn1ncc2c(N)c(C(=O)O)c(C)nc21. The molecular weight excluding hydrogens is 208 g/mol. The van der Waals surface area contributed by atoms with E-state index in [-0.39, 0.29) is 11.3 Å². The van der Waals surface area contributed by atoms with Crippen molar-refractivity contribution in [2.75, 3.05) is 5.73 Å². The van der Waals surface area contributed by atoms with E-state index >= 15 is 0 Å². The van der Waals surface area contributed by atoms with Crippen molar-refractivity contribution < 1.29 is 9.90 Å². The Morgan fingerprint density at radius 3 is 2.88 bits per heavy atom. The molecule has 6 nitrogen and oxygen atoms in total. The number of aryl methyl sites for hydroxylation is 2. The van der Waals surface area contributed by atoms with Crippen LogP contribution < -0.4 is 5.73 Å². The summed E-state index contributed by atoms with van der Waals surface area (Å²) in [5.41, 5.74) is 7.14. The molecule has 0 unspecified atom stereocenters. The first-order chi connectivity index (χ1) is 7.56. The summed E-state index contributed by atoms with van der Waals surface area (Å²) in [7, 11) is 0. The van der Waals surface area contributed by atoms with E-state index in [9.17, 15) is 4.79 Å². The smallest absolute Gasteiger partial charge is 0.339 e. The van der Waals surface area contributed by atoms with Crippen molar-refractivity contribution in [2.24, 2.45) is 0 Å². The van der Waals surface area contributed by atoms with Crippen molar-refractivity contribution in [3.8, 4) is 0 Å². The second-order valence-electron chi connectivity index (χ2n) is 3.49. The second-order valence-corrected chi connectivity index (χ2v) is 3.49. The van der Waals surface area contributed by atoms with E-state index in [0.29, 0.717) is 23.3 Å². The molecule has 0 fully saturated rings. The third-order valence-corrected chi connectivity index (χ3v) is 2.52. The highest BCUT2D eigenvalue weighted by Gasteiger charge is 2.18. The maximum Gasteiger partial charge on any atom is 0.339 e. The van der Waals surface area contributed by atoms with E-state index in [1.807, 2.05) is 6.92 Å². The number of aromatic nitrogens is 3. The molecule has 0 spiro atoms. The number of rotatable bonds is 2. The average molecular weight is 220 g/mol. The molecule has 0 saturated heterocycles. The van der Waals surface area contributed by atoms with E-state index < -0.39 is 5.97 Å². The zero-order valence-electron chi connectivity index (χ0n) is 9.06. The number of aromatic carboxylic acids is 1. The van der Waals surface area contributed by atoms with E-state index in [0.717, 1.165) is 0 Å². The average Bonchev–Trinajstić information content (AvgIpc) is 2.60. The summed E-state index contributed by atoms with van der Waals surface area (Å²) in [5.74, 6) is -1.06. The van der Waals surface area contributed by atoms with Gasteiger partial charge in [-0.1, -0.05) is 0 Å². The predicted molar refractivity (Wildman–Crippen MR) is 59.3 cm³/mol.